The summed E-state index contributed by atoms with van der Waals surface area (Å²) in [4.78, 5) is 14.5. The summed E-state index contributed by atoms with van der Waals surface area (Å²) in [6.07, 6.45) is -0.800. The number of methoxy groups -OCH3 is 1. The lowest BCUT2D eigenvalue weighted by Crippen LogP contribution is -2.47. The molecule has 2 aromatic rings. The van der Waals surface area contributed by atoms with Crippen LogP contribution in [0.15, 0.2) is 48.5 Å². The Kier molecular flexibility index (Phi) is 10.2. The van der Waals surface area contributed by atoms with Gasteiger partial charge in [0.1, 0.15) is 0 Å². The van der Waals surface area contributed by atoms with E-state index in [1.54, 1.807) is 38.3 Å². The molecule has 0 aliphatic heterocycles. The van der Waals surface area contributed by atoms with Gasteiger partial charge in [-0.15, -0.1) is 0 Å². The standard InChI is InChI=1S/C24H31N3O4/c1-18(28)23(16-25-30)26-24(29)22-12-10-20(11-13-22)5-4-19-6-8-21(9-7-19)17-27(2)14-15-31-3/h6-13,18,23,25,28,30H,14-17H2,1-3H3,(H,26,29)/t18-,23+/m1/s1. The summed E-state index contributed by atoms with van der Waals surface area (Å²) in [5.41, 5.74) is 5.35. The molecule has 0 aliphatic rings. The third-order valence-corrected chi connectivity index (χ3v) is 4.79. The molecule has 166 valence electrons. The minimum atomic E-state index is -0.800. The predicted octanol–water partition coefficient (Wildman–Crippen LogP) is 1.62. The van der Waals surface area contributed by atoms with Crippen molar-refractivity contribution in [2.45, 2.75) is 25.6 Å². The van der Waals surface area contributed by atoms with Crippen LogP contribution in [0.2, 0.25) is 0 Å². The van der Waals surface area contributed by atoms with Gasteiger partial charge in [0.2, 0.25) is 0 Å². The van der Waals surface area contributed by atoms with Gasteiger partial charge in [-0.2, -0.15) is 0 Å². The van der Waals surface area contributed by atoms with Gasteiger partial charge < -0.3 is 20.4 Å². The number of nitrogens with one attached hydrogen (secondary N) is 2. The molecule has 0 aliphatic carbocycles. The molecule has 2 aromatic carbocycles. The van der Waals surface area contributed by atoms with Gasteiger partial charge in [0.15, 0.2) is 0 Å². The molecule has 0 heterocycles. The lowest BCUT2D eigenvalue weighted by atomic mass is 10.1. The second-order valence-corrected chi connectivity index (χ2v) is 7.44. The van der Waals surface area contributed by atoms with Gasteiger partial charge in [-0.05, 0) is 55.9 Å². The Morgan fingerprint density at radius 1 is 1.10 bits per heavy atom. The molecule has 0 saturated heterocycles. The highest BCUT2D eigenvalue weighted by Gasteiger charge is 2.17. The van der Waals surface area contributed by atoms with Crippen LogP contribution in [0.1, 0.15) is 34.0 Å². The molecule has 7 nitrogen and oxygen atoms in total. The number of hydrogen-bond donors (Lipinski definition) is 4. The Balaban J connectivity index is 1.95. The zero-order chi connectivity index (χ0) is 22.6. The molecule has 1 amide bonds. The van der Waals surface area contributed by atoms with Gasteiger partial charge in [0, 0.05) is 43.4 Å². The largest absolute Gasteiger partial charge is 0.391 e. The van der Waals surface area contributed by atoms with Gasteiger partial charge in [0.25, 0.3) is 5.91 Å². The Morgan fingerprint density at radius 2 is 1.68 bits per heavy atom. The third-order valence-electron chi connectivity index (χ3n) is 4.79. The minimum Gasteiger partial charge on any atom is -0.391 e. The highest BCUT2D eigenvalue weighted by molar-refractivity contribution is 5.94. The van der Waals surface area contributed by atoms with Crippen LogP contribution in [0.4, 0.5) is 0 Å². The highest BCUT2D eigenvalue weighted by Crippen LogP contribution is 2.08. The first-order valence-electron chi connectivity index (χ1n) is 10.2. The highest BCUT2D eigenvalue weighted by atomic mass is 16.5. The molecule has 0 radical (unpaired) electrons. The van der Waals surface area contributed by atoms with E-state index in [0.29, 0.717) is 12.2 Å². The van der Waals surface area contributed by atoms with Crippen LogP contribution in [0.5, 0.6) is 0 Å². The maximum atomic E-state index is 12.3. The molecule has 2 atom stereocenters. The fraction of sp³-hybridized carbons (Fsp3) is 0.375. The number of rotatable bonds is 10. The molecule has 0 aromatic heterocycles. The quantitative estimate of drug-likeness (QED) is 0.341. The number of amides is 1. The van der Waals surface area contributed by atoms with Crippen LogP contribution in [0.25, 0.3) is 0 Å². The number of aliphatic hydroxyl groups excluding tert-OH is 1. The monoisotopic (exact) mass is 425 g/mol. The van der Waals surface area contributed by atoms with E-state index >= 15 is 0 Å². The van der Waals surface area contributed by atoms with E-state index in [-0.39, 0.29) is 12.5 Å². The number of carbonyl (C=O) groups is 1. The van der Waals surface area contributed by atoms with E-state index in [1.807, 2.05) is 17.6 Å². The van der Waals surface area contributed by atoms with Gasteiger partial charge >= 0.3 is 0 Å². The van der Waals surface area contributed by atoms with Crippen molar-refractivity contribution in [3.05, 3.63) is 70.8 Å². The summed E-state index contributed by atoms with van der Waals surface area (Å²) in [6, 6.07) is 14.5. The average Bonchev–Trinajstić information content (AvgIpc) is 2.77. The zero-order valence-corrected chi connectivity index (χ0v) is 18.3. The number of benzene rings is 2. The summed E-state index contributed by atoms with van der Waals surface area (Å²) in [5, 5.41) is 21.2. The van der Waals surface area contributed by atoms with Gasteiger partial charge in [0.05, 0.1) is 18.8 Å². The molecule has 2 rings (SSSR count). The number of aliphatic hydroxyl groups is 1. The molecule has 0 unspecified atom stereocenters. The van der Waals surface area contributed by atoms with E-state index in [0.717, 1.165) is 24.2 Å². The first-order valence-corrected chi connectivity index (χ1v) is 10.2. The van der Waals surface area contributed by atoms with Gasteiger partial charge in [-0.3, -0.25) is 9.69 Å². The number of ether oxygens (including phenoxy) is 1. The summed E-state index contributed by atoms with van der Waals surface area (Å²) >= 11 is 0. The van der Waals surface area contributed by atoms with Crippen molar-refractivity contribution in [1.29, 1.82) is 0 Å². The molecule has 0 fully saturated rings. The van der Waals surface area contributed by atoms with Crippen molar-refractivity contribution in [2.24, 2.45) is 0 Å². The number of nitrogens with zero attached hydrogens (tertiary/aromatic N) is 1. The minimum absolute atomic E-state index is 0.0508. The van der Waals surface area contributed by atoms with Crippen molar-refractivity contribution >= 4 is 5.91 Å². The second-order valence-electron chi connectivity index (χ2n) is 7.44. The van der Waals surface area contributed by atoms with Crippen molar-refractivity contribution in [3.8, 4) is 11.8 Å². The number of hydroxylamine groups is 1. The number of carbonyl (C=O) groups excluding carboxylic acids is 1. The number of likely N-dealkylation sites (N-methyl/N-ethyl adjacent to an activating group) is 1. The van der Waals surface area contributed by atoms with Crippen molar-refractivity contribution in [2.75, 3.05) is 33.9 Å². The molecule has 4 N–H and O–H groups in total. The Bertz CT molecular complexity index is 870. The molecule has 7 heteroatoms. The van der Waals surface area contributed by atoms with E-state index < -0.39 is 12.1 Å². The normalized spacial score (nSPS) is 12.7. The Labute approximate surface area is 184 Å². The average molecular weight is 426 g/mol. The second kappa shape index (κ2) is 12.8. The summed E-state index contributed by atoms with van der Waals surface area (Å²) in [6.45, 7) is 4.04. The smallest absolute Gasteiger partial charge is 0.251 e. The lowest BCUT2D eigenvalue weighted by molar-refractivity contribution is 0.0767. The topological polar surface area (TPSA) is 94.1 Å². The van der Waals surface area contributed by atoms with E-state index in [4.69, 9.17) is 9.94 Å². The molecule has 31 heavy (non-hydrogen) atoms. The van der Waals surface area contributed by atoms with E-state index in [9.17, 15) is 9.90 Å². The zero-order valence-electron chi connectivity index (χ0n) is 18.3. The van der Waals surface area contributed by atoms with Crippen molar-refractivity contribution < 1.29 is 19.8 Å². The predicted molar refractivity (Wildman–Crippen MR) is 120 cm³/mol. The SMILES string of the molecule is COCCN(C)Cc1ccc(C#Cc2ccc(C(=O)N[C@@H](CNO)[C@@H](C)O)cc2)cc1. The Hall–Kier alpha value is -2.73. The van der Waals surface area contributed by atoms with Crippen LogP contribution in [0, 0.1) is 11.8 Å². The molecular weight excluding hydrogens is 394 g/mol. The Morgan fingerprint density at radius 3 is 2.19 bits per heavy atom. The fourth-order valence-electron chi connectivity index (χ4n) is 2.87. The summed E-state index contributed by atoms with van der Waals surface area (Å²) in [7, 11) is 3.76. The van der Waals surface area contributed by atoms with Gasteiger partial charge in [-0.1, -0.05) is 24.0 Å². The van der Waals surface area contributed by atoms with Gasteiger partial charge in [-0.25, -0.2) is 5.48 Å². The fourth-order valence-corrected chi connectivity index (χ4v) is 2.87. The molecular formula is C24H31N3O4. The molecule has 0 bridgehead atoms. The first-order chi connectivity index (χ1) is 14.9. The third kappa shape index (κ3) is 8.50. The van der Waals surface area contributed by atoms with Crippen LogP contribution >= 0.6 is 0 Å². The van der Waals surface area contributed by atoms with Crippen LogP contribution in [0.3, 0.4) is 0 Å². The number of hydrogen-bond acceptors (Lipinski definition) is 6. The maximum Gasteiger partial charge on any atom is 0.251 e. The van der Waals surface area contributed by atoms with Crippen LogP contribution < -0.4 is 10.8 Å². The van der Waals surface area contributed by atoms with E-state index in [1.165, 1.54) is 5.56 Å². The maximum absolute atomic E-state index is 12.3. The van der Waals surface area contributed by atoms with Crippen LogP contribution in [-0.4, -0.2) is 67.1 Å². The first kappa shape index (κ1) is 24.5. The van der Waals surface area contributed by atoms with Crippen molar-refractivity contribution in [1.82, 2.24) is 15.7 Å². The van der Waals surface area contributed by atoms with Crippen LogP contribution in [-0.2, 0) is 11.3 Å². The molecule has 0 spiro atoms. The summed E-state index contributed by atoms with van der Waals surface area (Å²) < 4.78 is 5.10. The van der Waals surface area contributed by atoms with E-state index in [2.05, 4.69) is 41.2 Å². The lowest BCUT2D eigenvalue weighted by Gasteiger charge is -2.20. The van der Waals surface area contributed by atoms with Crippen molar-refractivity contribution in [3.63, 3.8) is 0 Å². The summed E-state index contributed by atoms with van der Waals surface area (Å²) in [5.74, 6) is 5.91. The molecule has 0 saturated carbocycles.